The summed E-state index contributed by atoms with van der Waals surface area (Å²) >= 11 is 0. The van der Waals surface area contributed by atoms with Gasteiger partial charge in [-0.1, -0.05) is 66.2 Å². The van der Waals surface area contributed by atoms with Crippen LogP contribution in [0.1, 0.15) is 102 Å². The number of aromatic hydroxyl groups is 2. The fraction of sp³-hybridized carbons (Fsp3) is 0.700. The van der Waals surface area contributed by atoms with Crippen LogP contribution >= 0.6 is 0 Å². The lowest BCUT2D eigenvalue weighted by molar-refractivity contribution is 0.431. The summed E-state index contributed by atoms with van der Waals surface area (Å²) in [6, 6.07) is 3.28. The van der Waals surface area contributed by atoms with Crippen LogP contribution in [0.15, 0.2) is 12.1 Å². The summed E-state index contributed by atoms with van der Waals surface area (Å²) in [6.07, 6.45) is 9.36. The van der Waals surface area contributed by atoms with Crippen LogP contribution in [0.3, 0.4) is 0 Å². The molecule has 22 heavy (non-hydrogen) atoms. The number of benzene rings is 1. The van der Waals surface area contributed by atoms with Gasteiger partial charge >= 0.3 is 0 Å². The van der Waals surface area contributed by atoms with Gasteiger partial charge in [0.25, 0.3) is 0 Å². The van der Waals surface area contributed by atoms with Gasteiger partial charge in [-0.15, -0.1) is 0 Å². The third-order valence-electron chi connectivity index (χ3n) is 4.71. The minimum absolute atomic E-state index is 0.294. The lowest BCUT2D eigenvalue weighted by atomic mass is 9.83. The van der Waals surface area contributed by atoms with Crippen LogP contribution in [0.4, 0.5) is 0 Å². The molecular weight excluding hydrogens is 272 g/mol. The number of rotatable bonds is 10. The highest BCUT2D eigenvalue weighted by Gasteiger charge is 2.22. The van der Waals surface area contributed by atoms with Gasteiger partial charge in [0.15, 0.2) is 0 Å². The molecule has 2 nitrogen and oxygen atoms in total. The molecule has 0 aliphatic heterocycles. The number of unbranched alkanes of at least 4 members (excludes halogenated alkanes) is 4. The van der Waals surface area contributed by atoms with Gasteiger partial charge in [-0.3, -0.25) is 0 Å². The second-order valence-corrected chi connectivity index (χ2v) is 6.72. The summed E-state index contributed by atoms with van der Waals surface area (Å²) in [4.78, 5) is 0. The van der Waals surface area contributed by atoms with Gasteiger partial charge < -0.3 is 10.2 Å². The molecule has 2 heteroatoms. The molecule has 0 saturated carbocycles. The van der Waals surface area contributed by atoms with Crippen LogP contribution in [0, 0.1) is 0 Å². The maximum absolute atomic E-state index is 10.4. The van der Waals surface area contributed by atoms with Crippen LogP contribution in [-0.2, 0) is 0 Å². The smallest absolute Gasteiger partial charge is 0.119 e. The van der Waals surface area contributed by atoms with E-state index in [2.05, 4.69) is 27.7 Å². The van der Waals surface area contributed by atoms with Crippen LogP contribution < -0.4 is 0 Å². The van der Waals surface area contributed by atoms with Gasteiger partial charge in [0.2, 0.25) is 0 Å². The number of phenolic OH excluding ortho intramolecular Hbond substituents is 2. The molecule has 126 valence electrons. The summed E-state index contributed by atoms with van der Waals surface area (Å²) in [5.41, 5.74) is 1.94. The molecule has 2 atom stereocenters. The molecule has 0 spiro atoms. The first kappa shape index (κ1) is 18.9. The van der Waals surface area contributed by atoms with Gasteiger partial charge in [-0.2, -0.15) is 0 Å². The first-order valence-corrected chi connectivity index (χ1v) is 9.07. The molecular formula is C20H34O2. The van der Waals surface area contributed by atoms with E-state index in [1.54, 1.807) is 12.1 Å². The van der Waals surface area contributed by atoms with E-state index in [1.165, 1.54) is 38.5 Å². The van der Waals surface area contributed by atoms with E-state index in [1.807, 2.05) is 0 Å². The average Bonchev–Trinajstić information content (AvgIpc) is 2.49. The molecule has 0 aromatic heterocycles. The largest absolute Gasteiger partial charge is 0.508 e. The predicted molar refractivity (Wildman–Crippen MR) is 94.9 cm³/mol. The van der Waals surface area contributed by atoms with Crippen molar-refractivity contribution in [2.24, 2.45) is 0 Å². The van der Waals surface area contributed by atoms with Crippen LogP contribution in [0.25, 0.3) is 0 Å². The topological polar surface area (TPSA) is 40.5 Å². The fourth-order valence-corrected chi connectivity index (χ4v) is 3.34. The summed E-state index contributed by atoms with van der Waals surface area (Å²) in [7, 11) is 0. The number of hydrogen-bond donors (Lipinski definition) is 2. The van der Waals surface area contributed by atoms with Crippen LogP contribution in [-0.4, -0.2) is 10.2 Å². The molecule has 0 amide bonds. The second kappa shape index (κ2) is 9.76. The van der Waals surface area contributed by atoms with Crippen molar-refractivity contribution in [3.05, 3.63) is 23.3 Å². The standard InChI is InChI=1S/C20H34O2/c1-5-7-9-11-15(3)19-17(21)13-14-18(22)20(19)16(4)12-10-8-6-2/h13-16,21-22H,5-12H2,1-4H3. The van der Waals surface area contributed by atoms with Gasteiger partial charge in [0.05, 0.1) is 0 Å². The van der Waals surface area contributed by atoms with Gasteiger partial charge in [0, 0.05) is 11.1 Å². The molecule has 0 fully saturated rings. The highest BCUT2D eigenvalue weighted by molar-refractivity contribution is 5.50. The van der Waals surface area contributed by atoms with E-state index in [0.29, 0.717) is 23.3 Å². The van der Waals surface area contributed by atoms with Gasteiger partial charge in [-0.25, -0.2) is 0 Å². The Balaban J connectivity index is 2.96. The number of hydrogen-bond acceptors (Lipinski definition) is 2. The SMILES string of the molecule is CCCCCC(C)c1c(O)ccc(O)c1C(C)CCCCC. The molecule has 0 aliphatic rings. The Labute approximate surface area is 136 Å². The Kier molecular flexibility index (Phi) is 8.37. The van der Waals surface area contributed by atoms with Crippen molar-refractivity contribution in [1.82, 2.24) is 0 Å². The Morgan fingerprint density at radius 2 is 1.09 bits per heavy atom. The molecule has 0 saturated heterocycles. The summed E-state index contributed by atoms with van der Waals surface area (Å²) in [6.45, 7) is 8.76. The molecule has 2 unspecified atom stereocenters. The monoisotopic (exact) mass is 306 g/mol. The average molecular weight is 306 g/mol. The molecule has 1 aromatic carbocycles. The lowest BCUT2D eigenvalue weighted by Crippen LogP contribution is -2.05. The van der Waals surface area contributed by atoms with E-state index in [-0.39, 0.29) is 0 Å². The van der Waals surface area contributed by atoms with Crippen LogP contribution in [0.2, 0.25) is 0 Å². The van der Waals surface area contributed by atoms with E-state index < -0.39 is 0 Å². The van der Waals surface area contributed by atoms with Crippen LogP contribution in [0.5, 0.6) is 11.5 Å². The summed E-state index contributed by atoms with van der Waals surface area (Å²) in [5, 5.41) is 20.7. The minimum atomic E-state index is 0.294. The quantitative estimate of drug-likeness (QED) is 0.384. The van der Waals surface area contributed by atoms with E-state index in [4.69, 9.17) is 0 Å². The fourth-order valence-electron chi connectivity index (χ4n) is 3.34. The zero-order valence-electron chi connectivity index (χ0n) is 14.9. The van der Waals surface area contributed by atoms with Gasteiger partial charge in [0.1, 0.15) is 11.5 Å². The first-order valence-electron chi connectivity index (χ1n) is 9.07. The van der Waals surface area contributed by atoms with Crippen molar-refractivity contribution in [2.75, 3.05) is 0 Å². The molecule has 0 bridgehead atoms. The Hall–Kier alpha value is -1.18. The third-order valence-corrected chi connectivity index (χ3v) is 4.71. The normalized spacial score (nSPS) is 14.0. The molecule has 1 rings (SSSR count). The summed E-state index contributed by atoms with van der Waals surface area (Å²) in [5.74, 6) is 1.28. The molecule has 2 N–H and O–H groups in total. The second-order valence-electron chi connectivity index (χ2n) is 6.72. The summed E-state index contributed by atoms with van der Waals surface area (Å²) < 4.78 is 0. The van der Waals surface area contributed by atoms with Crippen molar-refractivity contribution in [3.63, 3.8) is 0 Å². The predicted octanol–water partition coefficient (Wildman–Crippen LogP) is 6.47. The van der Waals surface area contributed by atoms with Gasteiger partial charge in [-0.05, 0) is 36.8 Å². The van der Waals surface area contributed by atoms with Crippen molar-refractivity contribution in [1.29, 1.82) is 0 Å². The molecule has 0 heterocycles. The third kappa shape index (κ3) is 5.23. The van der Waals surface area contributed by atoms with Crippen molar-refractivity contribution in [2.45, 2.75) is 90.9 Å². The van der Waals surface area contributed by atoms with E-state index >= 15 is 0 Å². The highest BCUT2D eigenvalue weighted by atomic mass is 16.3. The zero-order valence-corrected chi connectivity index (χ0v) is 14.9. The highest BCUT2D eigenvalue weighted by Crippen LogP contribution is 2.42. The van der Waals surface area contributed by atoms with Crippen molar-refractivity contribution in [3.8, 4) is 11.5 Å². The molecule has 0 radical (unpaired) electrons. The van der Waals surface area contributed by atoms with E-state index in [9.17, 15) is 10.2 Å². The first-order chi connectivity index (χ1) is 10.5. The Bertz CT molecular complexity index is 399. The minimum Gasteiger partial charge on any atom is -0.508 e. The Morgan fingerprint density at radius 1 is 0.727 bits per heavy atom. The zero-order chi connectivity index (χ0) is 16.5. The van der Waals surface area contributed by atoms with Crippen molar-refractivity contribution >= 4 is 0 Å². The lowest BCUT2D eigenvalue weighted by Gasteiger charge is -2.23. The molecule has 0 aliphatic carbocycles. The number of phenols is 2. The Morgan fingerprint density at radius 3 is 1.41 bits per heavy atom. The van der Waals surface area contributed by atoms with Crippen molar-refractivity contribution < 1.29 is 10.2 Å². The molecule has 1 aromatic rings. The van der Waals surface area contributed by atoms with E-state index in [0.717, 1.165) is 24.0 Å². The maximum Gasteiger partial charge on any atom is 0.119 e. The maximum atomic E-state index is 10.4.